The summed E-state index contributed by atoms with van der Waals surface area (Å²) in [4.78, 5) is 10.7. The summed E-state index contributed by atoms with van der Waals surface area (Å²) in [6.45, 7) is 11.7. The van der Waals surface area contributed by atoms with E-state index in [9.17, 15) is 10.5 Å². The Morgan fingerprint density at radius 1 is 0.506 bits per heavy atom. The molecule has 0 spiro atoms. The fourth-order valence-corrected chi connectivity index (χ4v) is 13.6. The lowest BCUT2D eigenvalue weighted by atomic mass is 9.28. The maximum atomic E-state index is 12.4. The number of hydrogen-bond donors (Lipinski definition) is 0. The van der Waals surface area contributed by atoms with Crippen LogP contribution in [0.2, 0.25) is 6.82 Å². The summed E-state index contributed by atoms with van der Waals surface area (Å²) in [5, 5.41) is 28.9. The largest absolute Gasteiger partial charge is 0.507 e. The first-order valence-electron chi connectivity index (χ1n) is 28.7. The Kier molecular flexibility index (Phi) is 15.5. The summed E-state index contributed by atoms with van der Waals surface area (Å²) >= 11 is 3.02. The fourth-order valence-electron chi connectivity index (χ4n) is 11.6. The van der Waals surface area contributed by atoms with Gasteiger partial charge in [0.15, 0.2) is 0 Å². The molecule has 2 atom stereocenters. The summed E-state index contributed by atoms with van der Waals surface area (Å²) < 4.78 is 19.8. The van der Waals surface area contributed by atoms with Crippen LogP contribution in [0.1, 0.15) is 50.6 Å². The summed E-state index contributed by atoms with van der Waals surface area (Å²) in [5.74, 6) is 2.23. The van der Waals surface area contributed by atoms with E-state index in [4.69, 9.17) is 19.4 Å². The lowest BCUT2D eigenvalue weighted by molar-refractivity contribution is 0.256. The molecule has 8 aromatic carbocycles. The summed E-state index contributed by atoms with van der Waals surface area (Å²) in [5.41, 5.74) is 9.90. The average molecular weight is 1120 g/mol. The van der Waals surface area contributed by atoms with Crippen molar-refractivity contribution >= 4 is 100 Å². The smallest absolute Gasteiger partial charge is 0.328 e. The van der Waals surface area contributed by atoms with Gasteiger partial charge in [0, 0.05) is 27.5 Å². The molecule has 12 heteroatoms. The topological polar surface area (TPSA) is 102 Å². The Morgan fingerprint density at radius 3 is 1.31 bits per heavy atom. The van der Waals surface area contributed by atoms with E-state index < -0.39 is 13.1 Å². The zero-order valence-corrected chi connectivity index (χ0v) is 48.9. The van der Waals surface area contributed by atoms with Gasteiger partial charge >= 0.3 is 6.85 Å². The standard InChI is InChI=1S/C71H61B2N6O2S2/c1-6-48(3)46-80-56-40-36-50(37-41-56)66-64-65(68(58(44-74)70-76-60-32-20-22-34-62(60)82-70)78(66)72(52-24-12-8-13-25-52)53-26-14-9-15-27-53)67(51-38-42-57(43-39-51)81-47-49(4)7-2)79(69(64)59(45-75)71-77-61-33-21-23-35-63(61)83-71)73(5,54-28-16-10-17-29-54)55-30-18-11-19-31-55/h8-43,48-49H,6-7,46-47H2,1-5H3/q-1/b68-58-,69-59-. The first kappa shape index (κ1) is 54.4. The fraction of sp³-hybridized carbons (Fsp3) is 0.155. The quantitative estimate of drug-likeness (QED) is 0.0793. The van der Waals surface area contributed by atoms with Crippen molar-refractivity contribution < 1.29 is 9.47 Å². The minimum absolute atomic E-state index is 0.364. The SMILES string of the molecule is CCC(C)COc1ccc(-c2c3/c(=C(\C#N)c4nc5ccccc5s4)n([B-](C)(c4ccccc4)c4ccccc4)c(-c4ccc(OCC(C)CC)cc4)c3/c(=C(\C#N)c3nc4ccccc4s3)n2B(c2ccccc2)c2ccccc2)cc1. The van der Waals surface area contributed by atoms with E-state index in [1.165, 1.54) is 22.7 Å². The number of nitrogens with zero attached hydrogens (tertiary/aromatic N) is 6. The molecule has 12 rings (SSSR count). The Hall–Kier alpha value is -9.19. The van der Waals surface area contributed by atoms with Gasteiger partial charge in [-0.05, 0) is 95.8 Å². The average Bonchev–Trinajstić information content (AvgIpc) is 1.60. The van der Waals surface area contributed by atoms with Crippen LogP contribution >= 0.6 is 22.7 Å². The van der Waals surface area contributed by atoms with Crippen molar-refractivity contribution in [1.82, 2.24) is 18.9 Å². The number of thiazole rings is 2. The normalized spacial score (nSPS) is 13.1. The molecule has 0 amide bonds. The number of aromatic nitrogens is 4. The number of ether oxygens (including phenoxy) is 2. The molecule has 4 heterocycles. The first-order chi connectivity index (χ1) is 40.7. The molecule has 8 nitrogen and oxygen atoms in total. The molecule has 2 unspecified atom stereocenters. The third-order valence-corrected chi connectivity index (χ3v) is 18.6. The summed E-state index contributed by atoms with van der Waals surface area (Å²) in [6, 6.07) is 81.2. The number of rotatable bonds is 18. The molecule has 4 aromatic heterocycles. The molecule has 0 saturated carbocycles. The van der Waals surface area contributed by atoms with E-state index in [0.717, 1.165) is 99.9 Å². The highest BCUT2D eigenvalue weighted by Crippen LogP contribution is 2.40. The predicted octanol–water partition coefficient (Wildman–Crippen LogP) is 13.2. The highest BCUT2D eigenvalue weighted by atomic mass is 32.1. The molecule has 406 valence electrons. The van der Waals surface area contributed by atoms with E-state index in [-0.39, 0.29) is 0 Å². The van der Waals surface area contributed by atoms with Crippen molar-refractivity contribution in [2.24, 2.45) is 11.8 Å². The summed E-state index contributed by atoms with van der Waals surface area (Å²) in [6.07, 6.45) is -0.137. The molecule has 0 saturated heterocycles. The Morgan fingerprint density at radius 2 is 0.892 bits per heavy atom. The van der Waals surface area contributed by atoms with Crippen LogP contribution in [0.15, 0.2) is 218 Å². The van der Waals surface area contributed by atoms with E-state index >= 15 is 0 Å². The van der Waals surface area contributed by atoms with Crippen LogP contribution < -0.4 is 42.0 Å². The van der Waals surface area contributed by atoms with E-state index in [1.807, 2.05) is 48.5 Å². The van der Waals surface area contributed by atoms with Crippen LogP contribution in [-0.2, 0) is 0 Å². The molecule has 0 aliphatic carbocycles. The summed E-state index contributed by atoms with van der Waals surface area (Å²) in [7, 11) is 0. The predicted molar refractivity (Wildman–Crippen MR) is 348 cm³/mol. The van der Waals surface area contributed by atoms with Gasteiger partial charge in [0.05, 0.1) is 39.0 Å². The molecular weight excluding hydrogens is 1050 g/mol. The highest BCUT2D eigenvalue weighted by Gasteiger charge is 2.38. The molecule has 0 fully saturated rings. The zero-order valence-electron chi connectivity index (χ0n) is 47.2. The van der Waals surface area contributed by atoms with Gasteiger partial charge in [0.1, 0.15) is 51.1 Å². The molecule has 83 heavy (non-hydrogen) atoms. The zero-order chi connectivity index (χ0) is 57.0. The van der Waals surface area contributed by atoms with Gasteiger partial charge in [0.25, 0.3) is 0 Å². The van der Waals surface area contributed by atoms with Crippen LogP contribution in [0.5, 0.6) is 11.5 Å². The van der Waals surface area contributed by atoms with Gasteiger partial charge in [-0.15, -0.1) is 22.7 Å². The minimum Gasteiger partial charge on any atom is -0.507 e. The molecule has 0 N–H and O–H groups in total. The molecule has 0 aliphatic heterocycles. The van der Waals surface area contributed by atoms with Gasteiger partial charge in [-0.3, -0.25) is 0 Å². The second-order valence-electron chi connectivity index (χ2n) is 21.8. The monoisotopic (exact) mass is 1120 g/mol. The number of para-hydroxylation sites is 2. The van der Waals surface area contributed by atoms with Gasteiger partial charge in [0.2, 0.25) is 0 Å². The lowest BCUT2D eigenvalue weighted by Gasteiger charge is -2.43. The molecule has 0 aliphatic rings. The highest BCUT2D eigenvalue weighted by molar-refractivity contribution is 7.20. The maximum absolute atomic E-state index is 12.4. The van der Waals surface area contributed by atoms with Crippen LogP contribution in [-0.4, -0.2) is 45.3 Å². The van der Waals surface area contributed by atoms with Crippen molar-refractivity contribution in [1.29, 1.82) is 10.5 Å². The second-order valence-corrected chi connectivity index (χ2v) is 23.9. The molecular formula is C71H61B2N6O2S2-. The van der Waals surface area contributed by atoms with Crippen LogP contribution in [0.3, 0.4) is 0 Å². The van der Waals surface area contributed by atoms with Crippen molar-refractivity contribution in [3.63, 3.8) is 0 Å². The number of benzene rings is 8. The van der Waals surface area contributed by atoms with Crippen molar-refractivity contribution in [2.75, 3.05) is 13.2 Å². The lowest BCUT2D eigenvalue weighted by Crippen LogP contribution is -2.65. The molecule has 12 aromatic rings. The van der Waals surface area contributed by atoms with E-state index in [0.29, 0.717) is 56.9 Å². The Bertz CT molecular complexity index is 4340. The maximum Gasteiger partial charge on any atom is 0.328 e. The third-order valence-electron chi connectivity index (χ3n) is 16.5. The van der Waals surface area contributed by atoms with Crippen LogP contribution in [0.25, 0.3) is 64.9 Å². The van der Waals surface area contributed by atoms with E-state index in [1.54, 1.807) is 0 Å². The Labute approximate surface area is 493 Å². The van der Waals surface area contributed by atoms with Gasteiger partial charge in [-0.2, -0.15) is 28.3 Å². The third kappa shape index (κ3) is 10.2. The number of nitriles is 2. The van der Waals surface area contributed by atoms with E-state index in [2.05, 4.69) is 225 Å². The van der Waals surface area contributed by atoms with Crippen LogP contribution in [0, 0.1) is 34.5 Å². The van der Waals surface area contributed by atoms with Gasteiger partial charge < -0.3 is 18.4 Å². The first-order valence-corrected chi connectivity index (χ1v) is 30.3. The molecule has 0 radical (unpaired) electrons. The van der Waals surface area contributed by atoms with Crippen molar-refractivity contribution in [2.45, 2.75) is 47.4 Å². The van der Waals surface area contributed by atoms with Crippen molar-refractivity contribution in [3.05, 3.63) is 239 Å². The minimum atomic E-state index is -2.12. The van der Waals surface area contributed by atoms with Gasteiger partial charge in [-0.25, -0.2) is 9.97 Å². The van der Waals surface area contributed by atoms with Crippen LogP contribution in [0.4, 0.5) is 0 Å². The number of hydrogen-bond acceptors (Lipinski definition) is 8. The number of fused-ring (bicyclic) bond motifs is 3. The Balaban J connectivity index is 1.40. The van der Waals surface area contributed by atoms with Crippen molar-refractivity contribution in [3.8, 4) is 46.2 Å². The second kappa shape index (κ2) is 23.7. The molecule has 0 bridgehead atoms. The van der Waals surface area contributed by atoms with Gasteiger partial charge in [-0.1, -0.05) is 197 Å².